The highest BCUT2D eigenvalue weighted by molar-refractivity contribution is 6.04. The minimum absolute atomic E-state index is 0.141. The van der Waals surface area contributed by atoms with Crippen LogP contribution in [0.25, 0.3) is 0 Å². The third-order valence-corrected chi connectivity index (χ3v) is 3.38. The van der Waals surface area contributed by atoms with E-state index in [-0.39, 0.29) is 11.8 Å². The molecule has 0 unspecified atom stereocenters. The molecule has 0 spiro atoms. The summed E-state index contributed by atoms with van der Waals surface area (Å²) < 4.78 is 0. The Morgan fingerprint density at radius 1 is 1.05 bits per heavy atom. The second-order valence-electron chi connectivity index (χ2n) is 4.77. The third kappa shape index (κ3) is 3.48. The summed E-state index contributed by atoms with van der Waals surface area (Å²) in [7, 11) is 0. The molecule has 2 amide bonds. The summed E-state index contributed by atoms with van der Waals surface area (Å²) in [4.78, 5) is 23.8. The molecule has 108 valence electrons. The van der Waals surface area contributed by atoms with E-state index >= 15 is 0 Å². The van der Waals surface area contributed by atoms with E-state index in [1.54, 1.807) is 24.3 Å². The van der Waals surface area contributed by atoms with Gasteiger partial charge in [-0.3, -0.25) is 9.59 Å². The van der Waals surface area contributed by atoms with E-state index in [0.717, 1.165) is 5.56 Å². The summed E-state index contributed by atoms with van der Waals surface area (Å²) >= 11 is 0. The number of amides is 2. The van der Waals surface area contributed by atoms with Gasteiger partial charge in [0.05, 0.1) is 17.2 Å². The highest BCUT2D eigenvalue weighted by Gasteiger charge is 2.20. The Labute approximate surface area is 124 Å². The molecule has 4 heteroatoms. The van der Waals surface area contributed by atoms with Gasteiger partial charge in [-0.05, 0) is 24.1 Å². The summed E-state index contributed by atoms with van der Waals surface area (Å²) in [5.74, 6) is -0.955. The molecule has 0 saturated heterocycles. The van der Waals surface area contributed by atoms with E-state index in [1.807, 2.05) is 37.3 Å². The monoisotopic (exact) mass is 282 g/mol. The fourth-order valence-corrected chi connectivity index (χ4v) is 2.28. The number of nitrogens with two attached hydrogens (primary N) is 1. The van der Waals surface area contributed by atoms with Crippen molar-refractivity contribution in [2.45, 2.75) is 19.3 Å². The molecule has 0 aliphatic carbocycles. The van der Waals surface area contributed by atoms with E-state index in [9.17, 15) is 9.59 Å². The Morgan fingerprint density at radius 2 is 1.67 bits per heavy atom. The van der Waals surface area contributed by atoms with Crippen molar-refractivity contribution in [3.63, 3.8) is 0 Å². The van der Waals surface area contributed by atoms with Crippen molar-refractivity contribution >= 4 is 17.5 Å². The van der Waals surface area contributed by atoms with E-state index in [0.29, 0.717) is 17.7 Å². The topological polar surface area (TPSA) is 72.2 Å². The number of hydrogen-bond acceptors (Lipinski definition) is 2. The molecule has 0 radical (unpaired) electrons. The van der Waals surface area contributed by atoms with E-state index in [4.69, 9.17) is 5.73 Å². The number of anilines is 1. The first-order valence-corrected chi connectivity index (χ1v) is 6.88. The van der Waals surface area contributed by atoms with Gasteiger partial charge < -0.3 is 11.1 Å². The van der Waals surface area contributed by atoms with Gasteiger partial charge in [0, 0.05) is 0 Å². The van der Waals surface area contributed by atoms with Crippen molar-refractivity contribution in [1.82, 2.24) is 0 Å². The Balaban J connectivity index is 2.23. The minimum atomic E-state index is -0.557. The van der Waals surface area contributed by atoms with Crippen LogP contribution in [0.2, 0.25) is 0 Å². The molecule has 4 nitrogen and oxygen atoms in total. The first-order chi connectivity index (χ1) is 10.1. The second kappa shape index (κ2) is 6.70. The van der Waals surface area contributed by atoms with Crippen LogP contribution in [0.3, 0.4) is 0 Å². The van der Waals surface area contributed by atoms with Gasteiger partial charge >= 0.3 is 0 Å². The van der Waals surface area contributed by atoms with Crippen LogP contribution >= 0.6 is 0 Å². The molecular weight excluding hydrogens is 264 g/mol. The number of hydrogen-bond donors (Lipinski definition) is 2. The van der Waals surface area contributed by atoms with Crippen molar-refractivity contribution < 1.29 is 9.59 Å². The first-order valence-electron chi connectivity index (χ1n) is 6.88. The summed E-state index contributed by atoms with van der Waals surface area (Å²) in [6.07, 6.45) is 0.675. The van der Waals surface area contributed by atoms with Crippen molar-refractivity contribution in [2.24, 2.45) is 5.73 Å². The number of rotatable bonds is 5. The molecule has 21 heavy (non-hydrogen) atoms. The smallest absolute Gasteiger partial charge is 0.250 e. The van der Waals surface area contributed by atoms with Gasteiger partial charge in [-0.25, -0.2) is 0 Å². The lowest BCUT2D eigenvalue weighted by Gasteiger charge is -2.16. The first kappa shape index (κ1) is 14.8. The molecule has 0 fully saturated rings. The van der Waals surface area contributed by atoms with Crippen molar-refractivity contribution in [1.29, 1.82) is 0 Å². The Hall–Kier alpha value is -2.62. The fourth-order valence-electron chi connectivity index (χ4n) is 2.28. The predicted molar refractivity (Wildman–Crippen MR) is 83.1 cm³/mol. The fraction of sp³-hybridized carbons (Fsp3) is 0.176. The van der Waals surface area contributed by atoms with Crippen LogP contribution in [0.4, 0.5) is 5.69 Å². The maximum atomic E-state index is 12.5. The number of para-hydroxylation sites is 1. The molecule has 0 aromatic heterocycles. The van der Waals surface area contributed by atoms with Crippen LogP contribution in [-0.2, 0) is 4.79 Å². The molecule has 0 bridgehead atoms. The van der Waals surface area contributed by atoms with Gasteiger partial charge in [0.25, 0.3) is 5.91 Å². The highest BCUT2D eigenvalue weighted by atomic mass is 16.2. The van der Waals surface area contributed by atoms with E-state index in [1.165, 1.54) is 0 Å². The zero-order chi connectivity index (χ0) is 15.2. The van der Waals surface area contributed by atoms with Gasteiger partial charge in [0.2, 0.25) is 5.91 Å². The average molecular weight is 282 g/mol. The Kier molecular flexibility index (Phi) is 4.72. The lowest BCUT2D eigenvalue weighted by atomic mass is 9.95. The largest absolute Gasteiger partial charge is 0.366 e. The second-order valence-corrected chi connectivity index (χ2v) is 4.77. The standard InChI is InChI=1S/C17H18N2O2/c1-2-13(12-8-4-3-5-9-12)17(21)19-15-11-7-6-10-14(15)16(18)20/h3-11,13H,2H2,1H3,(H2,18,20)(H,19,21)/t13-/m1/s1. The SMILES string of the molecule is CC[C@@H](C(=O)Nc1ccccc1C(N)=O)c1ccccc1. The molecule has 3 N–H and O–H groups in total. The Morgan fingerprint density at radius 3 is 2.29 bits per heavy atom. The van der Waals surface area contributed by atoms with Crippen LogP contribution in [0.15, 0.2) is 54.6 Å². The molecule has 0 heterocycles. The molecule has 0 aliphatic heterocycles. The quantitative estimate of drug-likeness (QED) is 0.885. The molecular formula is C17H18N2O2. The zero-order valence-electron chi connectivity index (χ0n) is 11.9. The van der Waals surface area contributed by atoms with Crippen LogP contribution in [0.1, 0.15) is 35.2 Å². The van der Waals surface area contributed by atoms with Crippen molar-refractivity contribution in [3.05, 3.63) is 65.7 Å². The minimum Gasteiger partial charge on any atom is -0.366 e. The molecule has 0 saturated carbocycles. The molecule has 2 aromatic carbocycles. The van der Waals surface area contributed by atoms with Gasteiger partial charge in [-0.15, -0.1) is 0 Å². The number of carbonyl (C=O) groups is 2. The van der Waals surface area contributed by atoms with Crippen LogP contribution < -0.4 is 11.1 Å². The third-order valence-electron chi connectivity index (χ3n) is 3.38. The van der Waals surface area contributed by atoms with Crippen LogP contribution in [0, 0.1) is 0 Å². The Bertz CT molecular complexity index is 638. The van der Waals surface area contributed by atoms with Gasteiger partial charge in [0.15, 0.2) is 0 Å². The number of nitrogens with one attached hydrogen (secondary N) is 1. The van der Waals surface area contributed by atoms with E-state index < -0.39 is 5.91 Å². The van der Waals surface area contributed by atoms with Crippen LogP contribution in [0.5, 0.6) is 0 Å². The van der Waals surface area contributed by atoms with Gasteiger partial charge in [-0.1, -0.05) is 49.4 Å². The summed E-state index contributed by atoms with van der Waals surface area (Å²) in [6.45, 7) is 1.96. The molecule has 2 rings (SSSR count). The number of primary amides is 1. The zero-order valence-corrected chi connectivity index (χ0v) is 11.9. The predicted octanol–water partition coefficient (Wildman–Crippen LogP) is 2.92. The maximum absolute atomic E-state index is 12.5. The summed E-state index contributed by atoms with van der Waals surface area (Å²) in [6, 6.07) is 16.3. The molecule has 0 aliphatic rings. The van der Waals surface area contributed by atoms with Crippen molar-refractivity contribution in [3.8, 4) is 0 Å². The molecule has 2 aromatic rings. The van der Waals surface area contributed by atoms with Gasteiger partial charge in [0.1, 0.15) is 0 Å². The van der Waals surface area contributed by atoms with E-state index in [2.05, 4.69) is 5.32 Å². The normalized spacial score (nSPS) is 11.7. The highest BCUT2D eigenvalue weighted by Crippen LogP contribution is 2.22. The van der Waals surface area contributed by atoms with Crippen molar-refractivity contribution in [2.75, 3.05) is 5.32 Å². The summed E-state index contributed by atoms with van der Waals surface area (Å²) in [5, 5.41) is 2.80. The number of benzene rings is 2. The summed E-state index contributed by atoms with van der Waals surface area (Å²) in [5.41, 5.74) is 7.03. The molecule has 1 atom stereocenters. The maximum Gasteiger partial charge on any atom is 0.250 e. The van der Waals surface area contributed by atoms with Crippen LogP contribution in [-0.4, -0.2) is 11.8 Å². The lowest BCUT2D eigenvalue weighted by Crippen LogP contribution is -2.23. The lowest BCUT2D eigenvalue weighted by molar-refractivity contribution is -0.117. The van der Waals surface area contributed by atoms with Gasteiger partial charge in [-0.2, -0.15) is 0 Å². The number of carbonyl (C=O) groups excluding carboxylic acids is 2. The average Bonchev–Trinajstić information content (AvgIpc) is 2.49.